The summed E-state index contributed by atoms with van der Waals surface area (Å²) in [5, 5.41) is 19.8. The first-order valence-corrected chi connectivity index (χ1v) is 13.0. The number of anilines is 1. The SMILES string of the molecule is CC.CC.CC.CCC.N#Cc1cccc(-c2nc(N)nc3c2ncn3Cc2c(F)cc([N+](=O)[O-])cc2F)c1F. The molecular weight excluding hydrogens is 523 g/mol. The molecule has 0 amide bonds. The number of halogens is 3. The van der Waals surface area contributed by atoms with Gasteiger partial charge < -0.3 is 10.3 Å². The van der Waals surface area contributed by atoms with Crippen LogP contribution in [0.5, 0.6) is 0 Å². The van der Waals surface area contributed by atoms with Crippen molar-refractivity contribution >= 4 is 22.8 Å². The first-order valence-electron chi connectivity index (χ1n) is 13.0. The van der Waals surface area contributed by atoms with Gasteiger partial charge in [-0.3, -0.25) is 10.1 Å². The van der Waals surface area contributed by atoms with Crippen molar-refractivity contribution in [3.63, 3.8) is 0 Å². The molecule has 2 N–H and O–H groups in total. The van der Waals surface area contributed by atoms with E-state index in [-0.39, 0.29) is 33.9 Å². The van der Waals surface area contributed by atoms with E-state index >= 15 is 0 Å². The van der Waals surface area contributed by atoms with E-state index in [1.165, 1.54) is 35.5 Å². The molecule has 0 bridgehead atoms. The Hall–Kier alpha value is -4.53. The number of nitrogen functional groups attached to an aromatic ring is 1. The topological polar surface area (TPSA) is 137 Å². The highest BCUT2D eigenvalue weighted by Crippen LogP contribution is 2.30. The second-order valence-corrected chi connectivity index (χ2v) is 7.11. The Morgan fingerprint density at radius 1 is 1.02 bits per heavy atom. The Labute approximate surface area is 232 Å². The fourth-order valence-corrected chi connectivity index (χ4v) is 3.08. The molecule has 0 fully saturated rings. The third kappa shape index (κ3) is 8.49. The molecule has 40 heavy (non-hydrogen) atoms. The number of fused-ring (bicyclic) bond motifs is 1. The molecule has 216 valence electrons. The number of hydrogen-bond acceptors (Lipinski definition) is 7. The first kappa shape index (κ1) is 35.5. The van der Waals surface area contributed by atoms with E-state index in [1.54, 1.807) is 6.07 Å². The standard InChI is InChI=1S/C19H10F3N7O2.C3H8.3C2H6/c20-13-4-10(29(30)31)5-14(21)12(13)7-28-8-25-17-16(26-19(24)27-18(17)28)11-3-1-2-9(6-23)15(11)22;1-3-2;3*1-2/h1-5,8H,7H2,(H2,24,26,27);3H2,1-2H3;3*1-2H3. The summed E-state index contributed by atoms with van der Waals surface area (Å²) in [5.41, 5.74) is 4.45. The van der Waals surface area contributed by atoms with Gasteiger partial charge in [0, 0.05) is 11.1 Å². The number of aromatic nitrogens is 4. The molecule has 0 aliphatic heterocycles. The number of nitrogens with two attached hydrogens (primary N) is 1. The Morgan fingerprint density at radius 2 is 1.57 bits per heavy atom. The number of hydrogen-bond donors (Lipinski definition) is 1. The Morgan fingerprint density at radius 3 is 2.08 bits per heavy atom. The zero-order chi connectivity index (χ0) is 31.0. The van der Waals surface area contributed by atoms with Crippen molar-refractivity contribution in [2.45, 2.75) is 68.4 Å². The fourth-order valence-electron chi connectivity index (χ4n) is 3.08. The summed E-state index contributed by atoms with van der Waals surface area (Å²) in [6, 6.07) is 7.07. The van der Waals surface area contributed by atoms with E-state index in [4.69, 9.17) is 11.0 Å². The molecule has 0 saturated heterocycles. The van der Waals surface area contributed by atoms with Crippen molar-refractivity contribution in [2.24, 2.45) is 0 Å². The highest BCUT2D eigenvalue weighted by molar-refractivity contribution is 5.88. The van der Waals surface area contributed by atoms with Crippen LogP contribution in [-0.4, -0.2) is 24.4 Å². The predicted octanol–water partition coefficient (Wildman–Crippen LogP) is 7.82. The number of imidazole rings is 1. The van der Waals surface area contributed by atoms with Gasteiger partial charge in [-0.25, -0.2) is 23.1 Å². The van der Waals surface area contributed by atoms with Gasteiger partial charge in [-0.1, -0.05) is 67.9 Å². The van der Waals surface area contributed by atoms with Gasteiger partial charge in [0.25, 0.3) is 5.69 Å². The number of nitro groups is 1. The molecule has 9 nitrogen and oxygen atoms in total. The summed E-state index contributed by atoms with van der Waals surface area (Å²) < 4.78 is 44.5. The molecule has 0 spiro atoms. The van der Waals surface area contributed by atoms with Crippen molar-refractivity contribution in [2.75, 3.05) is 5.73 Å². The lowest BCUT2D eigenvalue weighted by Gasteiger charge is -2.09. The predicted molar refractivity (Wildman–Crippen MR) is 152 cm³/mol. The summed E-state index contributed by atoms with van der Waals surface area (Å²) in [4.78, 5) is 22.0. The Kier molecular flexibility index (Phi) is 15.9. The van der Waals surface area contributed by atoms with Crippen LogP contribution in [0.1, 0.15) is 72.9 Å². The van der Waals surface area contributed by atoms with E-state index in [9.17, 15) is 23.3 Å². The molecule has 4 rings (SSSR count). The van der Waals surface area contributed by atoms with Gasteiger partial charge >= 0.3 is 0 Å². The molecule has 0 atom stereocenters. The smallest absolute Gasteiger partial charge is 0.275 e. The number of nitro benzene ring substituents is 1. The van der Waals surface area contributed by atoms with Crippen molar-refractivity contribution in [1.29, 1.82) is 5.26 Å². The van der Waals surface area contributed by atoms with Gasteiger partial charge in [0.1, 0.15) is 34.7 Å². The van der Waals surface area contributed by atoms with Gasteiger partial charge in [0.15, 0.2) is 5.65 Å². The highest BCUT2D eigenvalue weighted by Gasteiger charge is 2.21. The summed E-state index contributed by atoms with van der Waals surface area (Å²) in [6.45, 7) is 15.8. The van der Waals surface area contributed by atoms with E-state index in [1.807, 2.05) is 41.5 Å². The molecule has 2 aromatic heterocycles. The lowest BCUT2D eigenvalue weighted by atomic mass is 10.1. The van der Waals surface area contributed by atoms with Crippen molar-refractivity contribution < 1.29 is 18.1 Å². The zero-order valence-electron chi connectivity index (χ0n) is 24.1. The third-order valence-corrected chi connectivity index (χ3v) is 4.52. The van der Waals surface area contributed by atoms with Crippen LogP contribution >= 0.6 is 0 Å². The molecule has 0 aliphatic carbocycles. The van der Waals surface area contributed by atoms with Crippen LogP contribution in [0.3, 0.4) is 0 Å². The van der Waals surface area contributed by atoms with Gasteiger partial charge in [-0.05, 0) is 12.1 Å². The van der Waals surface area contributed by atoms with Crippen LogP contribution < -0.4 is 5.73 Å². The average molecular weight is 560 g/mol. The lowest BCUT2D eigenvalue weighted by Crippen LogP contribution is -2.07. The summed E-state index contributed by atoms with van der Waals surface area (Å²) in [6.07, 6.45) is 2.45. The van der Waals surface area contributed by atoms with Crippen LogP contribution in [0.2, 0.25) is 0 Å². The van der Waals surface area contributed by atoms with E-state index < -0.39 is 40.2 Å². The number of rotatable bonds is 4. The molecule has 12 heteroatoms. The molecule has 0 radical (unpaired) electrons. The normalized spacial score (nSPS) is 9.35. The molecule has 2 heterocycles. The third-order valence-electron chi connectivity index (χ3n) is 4.52. The molecule has 0 unspecified atom stereocenters. The second-order valence-electron chi connectivity index (χ2n) is 7.11. The molecular formula is C28H36F3N7O2. The van der Waals surface area contributed by atoms with Gasteiger partial charge in [0.2, 0.25) is 5.95 Å². The fraction of sp³-hybridized carbons (Fsp3) is 0.357. The summed E-state index contributed by atoms with van der Waals surface area (Å²) in [7, 11) is 0. The quantitative estimate of drug-likeness (QED) is 0.199. The van der Waals surface area contributed by atoms with Crippen LogP contribution in [0, 0.1) is 38.9 Å². The van der Waals surface area contributed by atoms with E-state index in [0.717, 1.165) is 0 Å². The highest BCUT2D eigenvalue weighted by atomic mass is 19.1. The van der Waals surface area contributed by atoms with Gasteiger partial charge in [-0.2, -0.15) is 10.2 Å². The number of benzene rings is 2. The van der Waals surface area contributed by atoms with Crippen molar-refractivity contribution in [1.82, 2.24) is 19.5 Å². The number of nitrogens with zero attached hydrogens (tertiary/aromatic N) is 6. The monoisotopic (exact) mass is 559 g/mol. The molecule has 4 aromatic rings. The Balaban J connectivity index is 0.00000153. The van der Waals surface area contributed by atoms with Crippen LogP contribution in [0.25, 0.3) is 22.4 Å². The number of non-ortho nitro benzene ring substituents is 1. The maximum Gasteiger partial charge on any atom is 0.275 e. The van der Waals surface area contributed by atoms with Crippen LogP contribution in [0.4, 0.5) is 24.8 Å². The lowest BCUT2D eigenvalue weighted by molar-refractivity contribution is -0.385. The average Bonchev–Trinajstić information content (AvgIpc) is 3.36. The van der Waals surface area contributed by atoms with E-state index in [2.05, 4.69) is 28.8 Å². The van der Waals surface area contributed by atoms with Gasteiger partial charge in [-0.15, -0.1) is 0 Å². The largest absolute Gasteiger partial charge is 0.368 e. The molecule has 2 aromatic carbocycles. The van der Waals surface area contributed by atoms with Crippen LogP contribution in [-0.2, 0) is 6.54 Å². The first-order chi connectivity index (χ1) is 19.2. The Bertz CT molecular complexity index is 1410. The maximum absolute atomic E-state index is 14.7. The summed E-state index contributed by atoms with van der Waals surface area (Å²) >= 11 is 0. The summed E-state index contributed by atoms with van der Waals surface area (Å²) in [5.74, 6) is -3.32. The van der Waals surface area contributed by atoms with Crippen molar-refractivity contribution in [3.05, 3.63) is 75.4 Å². The van der Waals surface area contributed by atoms with E-state index in [0.29, 0.717) is 12.1 Å². The minimum Gasteiger partial charge on any atom is -0.368 e. The molecule has 0 saturated carbocycles. The van der Waals surface area contributed by atoms with Crippen molar-refractivity contribution in [3.8, 4) is 17.3 Å². The minimum absolute atomic E-state index is 0.000457. The van der Waals surface area contributed by atoms with Crippen LogP contribution in [0.15, 0.2) is 36.7 Å². The maximum atomic E-state index is 14.7. The van der Waals surface area contributed by atoms with Gasteiger partial charge in [0.05, 0.1) is 35.5 Å². The number of nitriles is 1. The molecule has 0 aliphatic rings. The second kappa shape index (κ2) is 17.9. The zero-order valence-corrected chi connectivity index (χ0v) is 24.1. The minimum atomic E-state index is -1.12.